The number of nitrogens with zero attached hydrogens (tertiary/aromatic N) is 1. The van der Waals surface area contributed by atoms with Gasteiger partial charge in [0, 0.05) is 18.7 Å². The maximum Gasteiger partial charge on any atom is 0.235 e. The number of hydrogen-bond donors (Lipinski definition) is 1. The summed E-state index contributed by atoms with van der Waals surface area (Å²) in [5.41, 5.74) is 2.12. The van der Waals surface area contributed by atoms with Crippen molar-refractivity contribution in [1.29, 1.82) is 0 Å². The van der Waals surface area contributed by atoms with Gasteiger partial charge in [-0.25, -0.2) is 12.8 Å². The van der Waals surface area contributed by atoms with Crippen molar-refractivity contribution in [1.82, 2.24) is 0 Å². The van der Waals surface area contributed by atoms with Gasteiger partial charge in [0.15, 0.2) is 0 Å². The number of halogens is 1. The zero-order valence-electron chi connectivity index (χ0n) is 13.6. The minimum absolute atomic E-state index is 0.147. The smallest absolute Gasteiger partial charge is 0.235 e. The molecule has 2 aromatic rings. The molecule has 1 saturated heterocycles. The molecule has 5 nitrogen and oxygen atoms in total. The average molecular weight is 362 g/mol. The van der Waals surface area contributed by atoms with E-state index in [1.54, 1.807) is 36.4 Å². The van der Waals surface area contributed by atoms with Crippen molar-refractivity contribution in [3.63, 3.8) is 0 Å². The molecule has 0 atom stereocenters. The van der Waals surface area contributed by atoms with E-state index in [1.165, 1.54) is 16.4 Å². The van der Waals surface area contributed by atoms with Gasteiger partial charge in [-0.15, -0.1) is 0 Å². The Morgan fingerprint density at radius 1 is 1.08 bits per heavy atom. The molecule has 0 saturated carbocycles. The normalized spacial score (nSPS) is 16.0. The first kappa shape index (κ1) is 17.4. The number of hydrogen-bond acceptors (Lipinski definition) is 3. The van der Waals surface area contributed by atoms with Gasteiger partial charge < -0.3 is 5.32 Å². The molecule has 0 aromatic heterocycles. The molecule has 1 N–H and O–H groups in total. The molecular weight excluding hydrogens is 343 g/mol. The number of carbonyl (C=O) groups excluding carboxylic acids is 1. The summed E-state index contributed by atoms with van der Waals surface area (Å²) in [7, 11) is -3.20. The van der Waals surface area contributed by atoms with E-state index < -0.39 is 10.0 Å². The van der Waals surface area contributed by atoms with Crippen LogP contribution in [-0.4, -0.2) is 26.6 Å². The first-order valence-electron chi connectivity index (χ1n) is 8.09. The fourth-order valence-corrected chi connectivity index (χ4v) is 4.34. The Morgan fingerprint density at radius 3 is 2.36 bits per heavy atom. The van der Waals surface area contributed by atoms with Crippen LogP contribution >= 0.6 is 0 Å². The fourth-order valence-electron chi connectivity index (χ4n) is 2.77. The maximum atomic E-state index is 12.8. The summed E-state index contributed by atoms with van der Waals surface area (Å²) in [6, 6.07) is 12.8. The van der Waals surface area contributed by atoms with Crippen LogP contribution in [0.15, 0.2) is 48.5 Å². The summed E-state index contributed by atoms with van der Waals surface area (Å²) in [5.74, 6) is -0.270. The predicted molar refractivity (Wildman–Crippen MR) is 95.5 cm³/mol. The molecule has 0 spiro atoms. The van der Waals surface area contributed by atoms with E-state index in [4.69, 9.17) is 0 Å². The van der Waals surface area contributed by atoms with Crippen molar-refractivity contribution in [2.45, 2.75) is 19.3 Å². The number of nitrogens with one attached hydrogen (secondary N) is 1. The van der Waals surface area contributed by atoms with Crippen LogP contribution in [0, 0.1) is 5.82 Å². The molecular formula is C18H19FN2O3S. The molecule has 1 heterocycles. The average Bonchev–Trinajstić information content (AvgIpc) is 2.94. The molecule has 3 rings (SSSR count). The molecule has 0 unspecified atom stereocenters. The topological polar surface area (TPSA) is 66.5 Å². The van der Waals surface area contributed by atoms with Crippen LogP contribution in [-0.2, 0) is 21.2 Å². The van der Waals surface area contributed by atoms with Crippen molar-refractivity contribution in [3.8, 4) is 0 Å². The molecule has 25 heavy (non-hydrogen) atoms. The zero-order valence-corrected chi connectivity index (χ0v) is 14.4. The summed E-state index contributed by atoms with van der Waals surface area (Å²) in [4.78, 5) is 12.0. The van der Waals surface area contributed by atoms with Crippen LogP contribution in [0.25, 0.3) is 0 Å². The Hall–Kier alpha value is -2.41. The van der Waals surface area contributed by atoms with E-state index in [9.17, 15) is 17.6 Å². The standard InChI is InChI=1S/C18H19FN2O3S/c19-15-5-2-14(3-6-15)4-11-18(22)20-16-7-9-17(10-8-16)21-12-1-13-25(21,23)24/h2-3,5-10H,1,4,11-13H2,(H,20,22). The van der Waals surface area contributed by atoms with Crippen LogP contribution in [0.3, 0.4) is 0 Å². The van der Waals surface area contributed by atoms with Gasteiger partial charge in [-0.05, 0) is 54.8 Å². The Morgan fingerprint density at radius 2 is 1.76 bits per heavy atom. The molecule has 1 aliphatic rings. The first-order valence-corrected chi connectivity index (χ1v) is 9.70. The third-order valence-corrected chi connectivity index (χ3v) is 5.96. The highest BCUT2D eigenvalue weighted by Crippen LogP contribution is 2.25. The van der Waals surface area contributed by atoms with Gasteiger partial charge >= 0.3 is 0 Å². The van der Waals surface area contributed by atoms with Gasteiger partial charge in [-0.1, -0.05) is 12.1 Å². The lowest BCUT2D eigenvalue weighted by Gasteiger charge is -2.17. The molecule has 1 aliphatic heterocycles. The monoisotopic (exact) mass is 362 g/mol. The van der Waals surface area contributed by atoms with Gasteiger partial charge in [0.2, 0.25) is 15.9 Å². The number of carbonyl (C=O) groups is 1. The van der Waals surface area contributed by atoms with Gasteiger partial charge in [0.25, 0.3) is 0 Å². The van der Waals surface area contributed by atoms with Crippen molar-refractivity contribution >= 4 is 27.3 Å². The Kier molecular flexibility index (Phi) is 5.03. The predicted octanol–water partition coefficient (Wildman–Crippen LogP) is 2.94. The largest absolute Gasteiger partial charge is 0.326 e. The highest BCUT2D eigenvalue weighted by atomic mass is 32.2. The molecule has 0 radical (unpaired) electrons. The van der Waals surface area contributed by atoms with Crippen LogP contribution in [0.2, 0.25) is 0 Å². The van der Waals surface area contributed by atoms with Gasteiger partial charge in [0.05, 0.1) is 11.4 Å². The summed E-state index contributed by atoms with van der Waals surface area (Å²) in [6.07, 6.45) is 1.44. The Labute approximate surface area is 146 Å². The lowest BCUT2D eigenvalue weighted by molar-refractivity contribution is -0.116. The van der Waals surface area contributed by atoms with Gasteiger partial charge in [-0.3, -0.25) is 9.10 Å². The van der Waals surface area contributed by atoms with Gasteiger partial charge in [-0.2, -0.15) is 0 Å². The molecule has 1 amide bonds. The summed E-state index contributed by atoms with van der Waals surface area (Å²) >= 11 is 0. The fraction of sp³-hybridized carbons (Fsp3) is 0.278. The van der Waals surface area contributed by atoms with Crippen molar-refractivity contribution < 1.29 is 17.6 Å². The molecule has 2 aromatic carbocycles. The second kappa shape index (κ2) is 7.23. The van der Waals surface area contributed by atoms with Crippen molar-refractivity contribution in [2.24, 2.45) is 0 Å². The van der Waals surface area contributed by atoms with E-state index in [1.807, 2.05) is 0 Å². The van der Waals surface area contributed by atoms with E-state index in [0.717, 1.165) is 5.56 Å². The zero-order chi connectivity index (χ0) is 17.9. The number of benzene rings is 2. The second-order valence-corrected chi connectivity index (χ2v) is 7.98. The van der Waals surface area contributed by atoms with E-state index in [-0.39, 0.29) is 23.9 Å². The van der Waals surface area contributed by atoms with Gasteiger partial charge in [0.1, 0.15) is 5.82 Å². The maximum absolute atomic E-state index is 12.8. The molecule has 1 fully saturated rings. The SMILES string of the molecule is O=C(CCc1ccc(F)cc1)Nc1ccc(N2CCCS2(=O)=O)cc1. The van der Waals surface area contributed by atoms with E-state index in [2.05, 4.69) is 5.32 Å². The minimum atomic E-state index is -3.20. The summed E-state index contributed by atoms with van der Waals surface area (Å²) in [6.45, 7) is 0.492. The van der Waals surface area contributed by atoms with Crippen molar-refractivity contribution in [3.05, 3.63) is 59.9 Å². The number of anilines is 2. The summed E-state index contributed by atoms with van der Waals surface area (Å²) in [5, 5.41) is 2.78. The quantitative estimate of drug-likeness (QED) is 0.889. The van der Waals surface area contributed by atoms with Crippen LogP contribution in [0.5, 0.6) is 0 Å². The minimum Gasteiger partial charge on any atom is -0.326 e. The third kappa shape index (κ3) is 4.36. The lowest BCUT2D eigenvalue weighted by Crippen LogP contribution is -2.25. The highest BCUT2D eigenvalue weighted by molar-refractivity contribution is 7.93. The highest BCUT2D eigenvalue weighted by Gasteiger charge is 2.28. The number of amides is 1. The summed E-state index contributed by atoms with van der Waals surface area (Å²) < 4.78 is 38.0. The third-order valence-electron chi connectivity index (χ3n) is 4.09. The first-order chi connectivity index (χ1) is 11.9. The molecule has 132 valence electrons. The number of sulfonamides is 1. The number of rotatable bonds is 5. The van der Waals surface area contributed by atoms with E-state index in [0.29, 0.717) is 30.8 Å². The molecule has 0 aliphatic carbocycles. The number of aryl methyl sites for hydroxylation is 1. The molecule has 7 heteroatoms. The second-order valence-electron chi connectivity index (χ2n) is 5.96. The van der Waals surface area contributed by atoms with Crippen LogP contribution in [0.1, 0.15) is 18.4 Å². The Balaban J connectivity index is 1.56. The Bertz CT molecular complexity index is 849. The van der Waals surface area contributed by atoms with E-state index >= 15 is 0 Å². The molecule has 0 bridgehead atoms. The van der Waals surface area contributed by atoms with Crippen LogP contribution in [0.4, 0.5) is 15.8 Å². The lowest BCUT2D eigenvalue weighted by atomic mass is 10.1. The van der Waals surface area contributed by atoms with Crippen LogP contribution < -0.4 is 9.62 Å². The van der Waals surface area contributed by atoms with Crippen molar-refractivity contribution in [2.75, 3.05) is 21.9 Å².